The molecule has 1 saturated carbocycles. The average molecular weight is 465 g/mol. The summed E-state index contributed by atoms with van der Waals surface area (Å²) >= 11 is 0. The van der Waals surface area contributed by atoms with Crippen LogP contribution in [0.1, 0.15) is 134 Å². The molecule has 3 rings (SSSR count). The Bertz CT molecular complexity index is 769. The van der Waals surface area contributed by atoms with E-state index in [4.69, 9.17) is 0 Å². The van der Waals surface area contributed by atoms with E-state index in [0.717, 1.165) is 11.5 Å². The van der Waals surface area contributed by atoms with E-state index in [-0.39, 0.29) is 5.82 Å². The van der Waals surface area contributed by atoms with Gasteiger partial charge in [0.05, 0.1) is 0 Å². The zero-order valence-corrected chi connectivity index (χ0v) is 21.9. The summed E-state index contributed by atoms with van der Waals surface area (Å²) in [7, 11) is 0. The fraction of sp³-hybridized carbons (Fsp3) is 0.636. The summed E-state index contributed by atoms with van der Waals surface area (Å²) in [6.45, 7) is 2.29. The molecule has 0 spiro atoms. The highest BCUT2D eigenvalue weighted by molar-refractivity contribution is 5.64. The van der Waals surface area contributed by atoms with E-state index in [1.807, 2.05) is 12.1 Å². The molecule has 0 heterocycles. The van der Waals surface area contributed by atoms with Gasteiger partial charge in [-0.2, -0.15) is 0 Å². The van der Waals surface area contributed by atoms with Crippen molar-refractivity contribution < 1.29 is 4.39 Å². The molecular weight excluding hydrogens is 415 g/mol. The predicted molar refractivity (Wildman–Crippen MR) is 147 cm³/mol. The van der Waals surface area contributed by atoms with Gasteiger partial charge in [-0.15, -0.1) is 0 Å². The van der Waals surface area contributed by atoms with Crippen molar-refractivity contribution in [2.45, 2.75) is 128 Å². The third kappa shape index (κ3) is 9.55. The second-order valence-electron chi connectivity index (χ2n) is 10.9. The lowest BCUT2D eigenvalue weighted by molar-refractivity contribution is 0.301. The Morgan fingerprint density at radius 3 is 1.71 bits per heavy atom. The van der Waals surface area contributed by atoms with E-state index >= 15 is 0 Å². The van der Waals surface area contributed by atoms with Crippen molar-refractivity contribution in [1.29, 1.82) is 0 Å². The molecule has 0 unspecified atom stereocenters. The molecule has 2 aromatic carbocycles. The number of unbranched alkanes of at least 4 members (excludes halogenated alkanes) is 12. The minimum absolute atomic E-state index is 0.135. The molecule has 0 N–H and O–H groups in total. The van der Waals surface area contributed by atoms with Gasteiger partial charge in [0, 0.05) is 5.56 Å². The van der Waals surface area contributed by atoms with Crippen LogP contribution in [-0.2, 0) is 0 Å². The summed E-state index contributed by atoms with van der Waals surface area (Å²) in [6.07, 6.45) is 25.6. The Hall–Kier alpha value is -1.63. The molecule has 0 aliphatic heterocycles. The van der Waals surface area contributed by atoms with E-state index in [0.29, 0.717) is 11.5 Å². The number of benzene rings is 2. The van der Waals surface area contributed by atoms with Gasteiger partial charge in [0.25, 0.3) is 0 Å². The highest BCUT2D eigenvalue weighted by Gasteiger charge is 2.22. The van der Waals surface area contributed by atoms with Crippen LogP contribution in [0.15, 0.2) is 48.5 Å². The van der Waals surface area contributed by atoms with Crippen molar-refractivity contribution in [3.05, 3.63) is 59.9 Å². The van der Waals surface area contributed by atoms with Crippen molar-refractivity contribution >= 4 is 0 Å². The van der Waals surface area contributed by atoms with Crippen LogP contribution in [0, 0.1) is 11.7 Å². The van der Waals surface area contributed by atoms with Crippen molar-refractivity contribution in [3.63, 3.8) is 0 Å². The highest BCUT2D eigenvalue weighted by atomic mass is 19.1. The van der Waals surface area contributed by atoms with Crippen molar-refractivity contribution in [2.24, 2.45) is 5.92 Å². The van der Waals surface area contributed by atoms with Crippen molar-refractivity contribution in [1.82, 2.24) is 0 Å². The minimum atomic E-state index is -0.135. The first kappa shape index (κ1) is 27.0. The van der Waals surface area contributed by atoms with Crippen LogP contribution in [0.2, 0.25) is 0 Å². The number of hydrogen-bond donors (Lipinski definition) is 0. The molecular formula is C33H49F. The van der Waals surface area contributed by atoms with Crippen LogP contribution < -0.4 is 0 Å². The van der Waals surface area contributed by atoms with Crippen LogP contribution in [0.4, 0.5) is 4.39 Å². The molecule has 2 aromatic rings. The fourth-order valence-corrected chi connectivity index (χ4v) is 5.87. The lowest BCUT2D eigenvalue weighted by Crippen LogP contribution is -2.13. The Morgan fingerprint density at radius 2 is 1.15 bits per heavy atom. The van der Waals surface area contributed by atoms with Gasteiger partial charge in [-0.3, -0.25) is 0 Å². The van der Waals surface area contributed by atoms with Gasteiger partial charge in [0.2, 0.25) is 0 Å². The van der Waals surface area contributed by atoms with E-state index in [1.165, 1.54) is 121 Å². The third-order valence-corrected chi connectivity index (χ3v) is 8.13. The Labute approximate surface area is 209 Å². The van der Waals surface area contributed by atoms with Crippen LogP contribution in [-0.4, -0.2) is 0 Å². The normalized spacial score (nSPS) is 18.3. The molecule has 188 valence electrons. The van der Waals surface area contributed by atoms with Gasteiger partial charge in [-0.1, -0.05) is 139 Å². The summed E-state index contributed by atoms with van der Waals surface area (Å²) in [5, 5.41) is 0. The van der Waals surface area contributed by atoms with Crippen molar-refractivity contribution in [3.8, 4) is 11.1 Å². The number of rotatable bonds is 16. The molecule has 0 atom stereocenters. The fourth-order valence-electron chi connectivity index (χ4n) is 5.87. The largest absolute Gasteiger partial charge is 0.206 e. The van der Waals surface area contributed by atoms with E-state index in [9.17, 15) is 4.39 Å². The highest BCUT2D eigenvalue weighted by Crippen LogP contribution is 2.38. The zero-order chi connectivity index (χ0) is 23.8. The molecule has 1 aliphatic rings. The quantitative estimate of drug-likeness (QED) is 0.217. The first-order valence-corrected chi connectivity index (χ1v) is 14.6. The second kappa shape index (κ2) is 16.1. The van der Waals surface area contributed by atoms with E-state index < -0.39 is 0 Å². The van der Waals surface area contributed by atoms with Crippen LogP contribution in [0.3, 0.4) is 0 Å². The monoisotopic (exact) mass is 464 g/mol. The second-order valence-corrected chi connectivity index (χ2v) is 10.9. The Kier molecular flexibility index (Phi) is 12.8. The number of hydrogen-bond acceptors (Lipinski definition) is 0. The zero-order valence-electron chi connectivity index (χ0n) is 21.9. The maximum Gasteiger partial charge on any atom is 0.131 e. The Morgan fingerprint density at radius 1 is 0.618 bits per heavy atom. The van der Waals surface area contributed by atoms with Crippen LogP contribution >= 0.6 is 0 Å². The predicted octanol–water partition coefficient (Wildman–Crippen LogP) is 11.2. The molecule has 1 heteroatoms. The van der Waals surface area contributed by atoms with Gasteiger partial charge in [0.15, 0.2) is 0 Å². The van der Waals surface area contributed by atoms with Crippen LogP contribution in [0.25, 0.3) is 11.1 Å². The molecule has 1 aliphatic carbocycles. The molecule has 1 fully saturated rings. The maximum absolute atomic E-state index is 14.1. The van der Waals surface area contributed by atoms with Gasteiger partial charge in [0.1, 0.15) is 5.82 Å². The van der Waals surface area contributed by atoms with E-state index in [2.05, 4.69) is 31.2 Å². The van der Waals surface area contributed by atoms with Gasteiger partial charge in [-0.25, -0.2) is 4.39 Å². The molecule has 0 bridgehead atoms. The standard InChI is InChI=1S/C33H49F/c1-2-3-4-5-6-7-8-9-10-11-12-13-14-17-28-20-22-29(23-21-28)30-24-26-31(27-25-30)32-18-15-16-19-33(32)34/h15-16,18-19,24-29H,2-14,17,20-23H2,1H3. The van der Waals surface area contributed by atoms with Gasteiger partial charge >= 0.3 is 0 Å². The first-order valence-electron chi connectivity index (χ1n) is 14.6. The maximum atomic E-state index is 14.1. The summed E-state index contributed by atoms with van der Waals surface area (Å²) in [6, 6.07) is 15.8. The Balaban J connectivity index is 1.21. The lowest BCUT2D eigenvalue weighted by atomic mass is 9.77. The summed E-state index contributed by atoms with van der Waals surface area (Å²) in [5.41, 5.74) is 3.13. The van der Waals surface area contributed by atoms with Crippen LogP contribution in [0.5, 0.6) is 0 Å². The molecule has 0 nitrogen and oxygen atoms in total. The lowest BCUT2D eigenvalue weighted by Gasteiger charge is -2.29. The van der Waals surface area contributed by atoms with Gasteiger partial charge in [-0.05, 0) is 54.7 Å². The van der Waals surface area contributed by atoms with E-state index in [1.54, 1.807) is 12.1 Å². The molecule has 0 aromatic heterocycles. The van der Waals surface area contributed by atoms with Gasteiger partial charge < -0.3 is 0 Å². The molecule has 34 heavy (non-hydrogen) atoms. The number of halogens is 1. The topological polar surface area (TPSA) is 0 Å². The minimum Gasteiger partial charge on any atom is -0.206 e. The SMILES string of the molecule is CCCCCCCCCCCCCCCC1CCC(c2ccc(-c3ccccc3F)cc2)CC1. The summed E-state index contributed by atoms with van der Waals surface area (Å²) < 4.78 is 14.1. The first-order chi connectivity index (χ1) is 16.8. The summed E-state index contributed by atoms with van der Waals surface area (Å²) in [5.74, 6) is 1.50. The molecule has 0 saturated heterocycles. The van der Waals surface area contributed by atoms with Crippen molar-refractivity contribution in [2.75, 3.05) is 0 Å². The average Bonchev–Trinajstić information content (AvgIpc) is 2.88. The molecule has 0 radical (unpaired) electrons. The molecule has 0 amide bonds. The third-order valence-electron chi connectivity index (χ3n) is 8.13. The smallest absolute Gasteiger partial charge is 0.131 e. The summed E-state index contributed by atoms with van der Waals surface area (Å²) in [4.78, 5) is 0.